The molecule has 0 spiro atoms. The van der Waals surface area contributed by atoms with Crippen molar-refractivity contribution in [2.45, 2.75) is 26.1 Å². The summed E-state index contributed by atoms with van der Waals surface area (Å²) < 4.78 is 52.6. The van der Waals surface area contributed by atoms with E-state index in [9.17, 15) is 17.6 Å². The van der Waals surface area contributed by atoms with Gasteiger partial charge in [-0.1, -0.05) is 19.9 Å². The number of hydrogen-bond donors (Lipinski definition) is 1. The van der Waals surface area contributed by atoms with Crippen molar-refractivity contribution in [3.8, 4) is 0 Å². The third kappa shape index (κ3) is 3.37. The van der Waals surface area contributed by atoms with Crippen LogP contribution in [0.3, 0.4) is 0 Å². The van der Waals surface area contributed by atoms with Crippen LogP contribution in [-0.4, -0.2) is 24.5 Å². The molecule has 6 heteroatoms. The zero-order valence-corrected chi connectivity index (χ0v) is 12.1. The van der Waals surface area contributed by atoms with Crippen LogP contribution in [0.1, 0.15) is 31.0 Å². The Kier molecular flexibility index (Phi) is 4.58. The largest absolute Gasteiger partial charge is 0.416 e. The van der Waals surface area contributed by atoms with Gasteiger partial charge in [0.25, 0.3) is 0 Å². The Bertz CT molecular complexity index is 491. The van der Waals surface area contributed by atoms with Crippen LogP contribution in [0.25, 0.3) is 0 Å². The van der Waals surface area contributed by atoms with Gasteiger partial charge < -0.3 is 5.73 Å². The molecule has 0 aromatic heterocycles. The third-order valence-corrected chi connectivity index (χ3v) is 4.36. The highest BCUT2D eigenvalue weighted by Crippen LogP contribution is 2.38. The van der Waals surface area contributed by atoms with Gasteiger partial charge in [-0.2, -0.15) is 13.2 Å². The minimum absolute atomic E-state index is 0.0627. The van der Waals surface area contributed by atoms with E-state index in [0.717, 1.165) is 6.07 Å². The van der Waals surface area contributed by atoms with E-state index in [2.05, 4.69) is 13.8 Å². The summed E-state index contributed by atoms with van der Waals surface area (Å²) >= 11 is 0. The van der Waals surface area contributed by atoms with Crippen molar-refractivity contribution in [1.29, 1.82) is 0 Å². The Morgan fingerprint density at radius 3 is 2.29 bits per heavy atom. The molecule has 0 bridgehead atoms. The topological polar surface area (TPSA) is 29.3 Å². The molecule has 1 aliphatic rings. The minimum Gasteiger partial charge on any atom is -0.329 e. The Morgan fingerprint density at radius 1 is 1.24 bits per heavy atom. The van der Waals surface area contributed by atoms with Gasteiger partial charge in [0, 0.05) is 25.7 Å². The highest BCUT2D eigenvalue weighted by molar-refractivity contribution is 5.33. The predicted molar refractivity (Wildman–Crippen MR) is 73.1 cm³/mol. The predicted octanol–water partition coefficient (Wildman–Crippen LogP) is 3.43. The summed E-state index contributed by atoms with van der Waals surface area (Å²) in [6.45, 7) is 5.64. The summed E-state index contributed by atoms with van der Waals surface area (Å²) in [4.78, 5) is 1.97. The molecule has 1 aliphatic heterocycles. The molecule has 0 amide bonds. The molecular formula is C15H20F4N2. The number of nitrogens with zero attached hydrogens (tertiary/aromatic N) is 1. The zero-order valence-electron chi connectivity index (χ0n) is 12.1. The van der Waals surface area contributed by atoms with Gasteiger partial charge >= 0.3 is 6.18 Å². The molecule has 118 valence electrons. The molecule has 0 radical (unpaired) electrons. The summed E-state index contributed by atoms with van der Waals surface area (Å²) in [6.07, 6.45) is -4.58. The normalized spacial score (nSPS) is 25.3. The van der Waals surface area contributed by atoms with Gasteiger partial charge in [0.05, 0.1) is 5.56 Å². The number of alkyl halides is 3. The van der Waals surface area contributed by atoms with Crippen molar-refractivity contribution in [1.82, 2.24) is 4.90 Å². The van der Waals surface area contributed by atoms with Gasteiger partial charge in [-0.3, -0.25) is 4.90 Å². The number of benzene rings is 1. The monoisotopic (exact) mass is 304 g/mol. The molecule has 1 heterocycles. The first-order valence-corrected chi connectivity index (χ1v) is 7.04. The van der Waals surface area contributed by atoms with E-state index in [0.29, 0.717) is 31.0 Å². The smallest absolute Gasteiger partial charge is 0.329 e. The highest BCUT2D eigenvalue weighted by Gasteiger charge is 2.38. The van der Waals surface area contributed by atoms with Crippen LogP contribution in [-0.2, 0) is 6.18 Å². The molecule has 3 unspecified atom stereocenters. The fraction of sp³-hybridized carbons (Fsp3) is 0.600. The first-order valence-electron chi connectivity index (χ1n) is 7.04. The maximum absolute atomic E-state index is 13.2. The maximum atomic E-state index is 13.2. The van der Waals surface area contributed by atoms with Crippen molar-refractivity contribution in [3.63, 3.8) is 0 Å². The van der Waals surface area contributed by atoms with E-state index in [1.54, 1.807) is 0 Å². The molecule has 2 N–H and O–H groups in total. The van der Waals surface area contributed by atoms with Crippen LogP contribution in [0.5, 0.6) is 0 Å². The zero-order chi connectivity index (χ0) is 15.8. The number of rotatable bonds is 3. The summed E-state index contributed by atoms with van der Waals surface area (Å²) in [5, 5.41) is 0. The minimum atomic E-state index is -4.58. The highest BCUT2D eigenvalue weighted by atomic mass is 19.4. The lowest BCUT2D eigenvalue weighted by Crippen LogP contribution is -2.33. The van der Waals surface area contributed by atoms with E-state index in [-0.39, 0.29) is 12.1 Å². The standard InChI is InChI=1S/C15H20F4N2/c1-9-7-21(8-10(9)2)14(6-20)12-4-3-11(16)5-13(12)15(17,18)19/h3-5,9-10,14H,6-8,20H2,1-2H3. The van der Waals surface area contributed by atoms with Gasteiger partial charge in [-0.25, -0.2) is 4.39 Å². The Hall–Kier alpha value is -1.14. The summed E-state index contributed by atoms with van der Waals surface area (Å²) in [7, 11) is 0. The van der Waals surface area contributed by atoms with Crippen molar-refractivity contribution >= 4 is 0 Å². The summed E-state index contributed by atoms with van der Waals surface area (Å²) in [6, 6.07) is 2.30. The Balaban J connectivity index is 2.39. The van der Waals surface area contributed by atoms with Gasteiger partial charge in [0.2, 0.25) is 0 Å². The average molecular weight is 304 g/mol. The lowest BCUT2D eigenvalue weighted by molar-refractivity contribution is -0.139. The fourth-order valence-corrected chi connectivity index (χ4v) is 2.97. The Labute approximate surface area is 121 Å². The molecule has 2 nitrogen and oxygen atoms in total. The van der Waals surface area contributed by atoms with E-state index < -0.39 is 23.6 Å². The average Bonchev–Trinajstić information content (AvgIpc) is 2.71. The number of likely N-dealkylation sites (tertiary alicyclic amines) is 1. The van der Waals surface area contributed by atoms with Crippen LogP contribution >= 0.6 is 0 Å². The van der Waals surface area contributed by atoms with Crippen molar-refractivity contribution in [2.75, 3.05) is 19.6 Å². The first-order chi connectivity index (χ1) is 9.74. The molecule has 21 heavy (non-hydrogen) atoms. The van der Waals surface area contributed by atoms with Crippen LogP contribution in [0, 0.1) is 17.7 Å². The molecule has 0 saturated carbocycles. The molecular weight excluding hydrogens is 284 g/mol. The second-order valence-electron chi connectivity index (χ2n) is 5.89. The van der Waals surface area contributed by atoms with Crippen LogP contribution < -0.4 is 5.73 Å². The maximum Gasteiger partial charge on any atom is 0.416 e. The first kappa shape index (κ1) is 16.2. The van der Waals surface area contributed by atoms with Crippen molar-refractivity contribution < 1.29 is 17.6 Å². The van der Waals surface area contributed by atoms with E-state index in [1.807, 2.05) is 4.90 Å². The molecule has 0 aliphatic carbocycles. The van der Waals surface area contributed by atoms with E-state index >= 15 is 0 Å². The van der Waals surface area contributed by atoms with E-state index in [4.69, 9.17) is 5.73 Å². The van der Waals surface area contributed by atoms with Gasteiger partial charge in [0.15, 0.2) is 0 Å². The summed E-state index contributed by atoms with van der Waals surface area (Å²) in [5.41, 5.74) is 4.86. The van der Waals surface area contributed by atoms with Crippen molar-refractivity contribution in [2.24, 2.45) is 17.6 Å². The third-order valence-electron chi connectivity index (χ3n) is 4.36. The number of nitrogens with two attached hydrogens (primary N) is 1. The molecule has 1 aromatic carbocycles. The Morgan fingerprint density at radius 2 is 1.81 bits per heavy atom. The van der Waals surface area contributed by atoms with Crippen LogP contribution in [0.2, 0.25) is 0 Å². The number of hydrogen-bond acceptors (Lipinski definition) is 2. The molecule has 1 fully saturated rings. The number of halogens is 4. The van der Waals surface area contributed by atoms with Crippen molar-refractivity contribution in [3.05, 3.63) is 35.1 Å². The van der Waals surface area contributed by atoms with Crippen LogP contribution in [0.15, 0.2) is 18.2 Å². The quantitative estimate of drug-likeness (QED) is 0.867. The molecule has 2 rings (SSSR count). The lowest BCUT2D eigenvalue weighted by Gasteiger charge is -2.29. The van der Waals surface area contributed by atoms with Gasteiger partial charge in [0.1, 0.15) is 5.82 Å². The second kappa shape index (κ2) is 5.93. The van der Waals surface area contributed by atoms with Gasteiger partial charge in [-0.05, 0) is 29.5 Å². The lowest BCUT2D eigenvalue weighted by atomic mass is 9.98. The summed E-state index contributed by atoms with van der Waals surface area (Å²) in [5.74, 6) is -0.0623. The second-order valence-corrected chi connectivity index (χ2v) is 5.89. The SMILES string of the molecule is CC1CN(C(CN)c2ccc(F)cc2C(F)(F)F)CC1C. The van der Waals surface area contributed by atoms with Gasteiger partial charge in [-0.15, -0.1) is 0 Å². The fourth-order valence-electron chi connectivity index (χ4n) is 2.97. The molecule has 1 aromatic rings. The van der Waals surface area contributed by atoms with E-state index in [1.165, 1.54) is 6.07 Å². The molecule has 3 atom stereocenters. The molecule has 1 saturated heterocycles. The van der Waals surface area contributed by atoms with Crippen LogP contribution in [0.4, 0.5) is 17.6 Å².